The third kappa shape index (κ3) is 4.09. The van der Waals surface area contributed by atoms with Crippen molar-refractivity contribution in [1.29, 1.82) is 0 Å². The Bertz CT molecular complexity index is 683. The van der Waals surface area contributed by atoms with Crippen molar-refractivity contribution in [3.8, 4) is 0 Å². The van der Waals surface area contributed by atoms with Crippen molar-refractivity contribution in [3.63, 3.8) is 0 Å². The highest BCUT2D eigenvalue weighted by atomic mass is 32.2. The van der Waals surface area contributed by atoms with E-state index in [9.17, 15) is 14.0 Å². The molecule has 1 amide bonds. The number of nitrogens with one attached hydrogen (secondary N) is 1. The number of benzene rings is 1. The van der Waals surface area contributed by atoms with E-state index in [0.29, 0.717) is 16.3 Å². The van der Waals surface area contributed by atoms with Crippen LogP contribution in [0, 0.1) is 12.7 Å². The van der Waals surface area contributed by atoms with Crippen molar-refractivity contribution in [2.75, 3.05) is 11.1 Å². The van der Waals surface area contributed by atoms with Gasteiger partial charge in [0.25, 0.3) is 0 Å². The van der Waals surface area contributed by atoms with Gasteiger partial charge in [0.2, 0.25) is 11.7 Å². The first-order valence-corrected chi connectivity index (χ1v) is 6.96. The average molecular weight is 309 g/mol. The summed E-state index contributed by atoms with van der Waals surface area (Å²) in [6.07, 6.45) is 0. The number of carbonyl (C=O) groups excluding carboxylic acids is 1. The molecule has 5 nitrogen and oxygen atoms in total. The molecule has 0 unspecified atom stereocenters. The summed E-state index contributed by atoms with van der Waals surface area (Å²) in [5, 5.41) is 11.6. The number of rotatable bonds is 5. The van der Waals surface area contributed by atoms with Gasteiger partial charge < -0.3 is 14.8 Å². The van der Waals surface area contributed by atoms with Gasteiger partial charge in [-0.15, -0.1) is 0 Å². The molecule has 0 radical (unpaired) electrons. The molecule has 1 aromatic carbocycles. The van der Waals surface area contributed by atoms with Crippen LogP contribution in [0.5, 0.6) is 0 Å². The van der Waals surface area contributed by atoms with E-state index in [1.54, 1.807) is 19.1 Å². The number of thioether (sulfide) groups is 1. The Morgan fingerprint density at radius 2 is 2.10 bits per heavy atom. The summed E-state index contributed by atoms with van der Waals surface area (Å²) in [6, 6.07) is 7.22. The van der Waals surface area contributed by atoms with E-state index in [1.807, 2.05) is 0 Å². The van der Waals surface area contributed by atoms with Crippen LogP contribution in [0.15, 0.2) is 39.8 Å². The maximum absolute atomic E-state index is 13.3. The van der Waals surface area contributed by atoms with E-state index < -0.39 is 11.8 Å². The quantitative estimate of drug-likeness (QED) is 0.829. The predicted molar refractivity (Wildman–Crippen MR) is 76.2 cm³/mol. The summed E-state index contributed by atoms with van der Waals surface area (Å²) >= 11 is 1.06. The number of aryl methyl sites for hydroxylation is 1. The minimum Gasteiger partial charge on any atom is -0.475 e. The van der Waals surface area contributed by atoms with Gasteiger partial charge in [0, 0.05) is 5.69 Å². The van der Waals surface area contributed by atoms with E-state index in [2.05, 4.69) is 5.32 Å². The molecule has 0 aliphatic heterocycles. The van der Waals surface area contributed by atoms with E-state index in [1.165, 1.54) is 18.2 Å². The molecule has 0 aliphatic carbocycles. The van der Waals surface area contributed by atoms with Crippen LogP contribution in [0.25, 0.3) is 0 Å². The molecule has 0 atom stereocenters. The van der Waals surface area contributed by atoms with Crippen LogP contribution < -0.4 is 5.32 Å². The van der Waals surface area contributed by atoms with E-state index >= 15 is 0 Å². The lowest BCUT2D eigenvalue weighted by Crippen LogP contribution is -2.14. The van der Waals surface area contributed by atoms with Crippen molar-refractivity contribution in [2.45, 2.75) is 12.0 Å². The molecule has 0 bridgehead atoms. The van der Waals surface area contributed by atoms with Gasteiger partial charge in [-0.3, -0.25) is 4.79 Å². The van der Waals surface area contributed by atoms with Crippen molar-refractivity contribution >= 4 is 29.3 Å². The van der Waals surface area contributed by atoms with Gasteiger partial charge in [0.15, 0.2) is 5.09 Å². The van der Waals surface area contributed by atoms with Gasteiger partial charge in [-0.05, 0) is 36.8 Å². The van der Waals surface area contributed by atoms with E-state index in [4.69, 9.17) is 9.52 Å². The molecule has 1 aromatic heterocycles. The Kier molecular flexibility index (Phi) is 4.64. The lowest BCUT2D eigenvalue weighted by atomic mass is 10.2. The molecule has 21 heavy (non-hydrogen) atoms. The topological polar surface area (TPSA) is 79.5 Å². The second-order valence-electron chi connectivity index (χ2n) is 4.22. The van der Waals surface area contributed by atoms with Gasteiger partial charge in [-0.2, -0.15) is 0 Å². The fourth-order valence-electron chi connectivity index (χ4n) is 1.52. The fraction of sp³-hybridized carbons (Fsp3) is 0.143. The molecular formula is C14H12FNO4S. The first kappa shape index (κ1) is 15.1. The first-order chi connectivity index (χ1) is 9.95. The van der Waals surface area contributed by atoms with Crippen LogP contribution in [0.2, 0.25) is 0 Å². The summed E-state index contributed by atoms with van der Waals surface area (Å²) in [6.45, 7) is 1.63. The van der Waals surface area contributed by atoms with Gasteiger partial charge >= 0.3 is 5.97 Å². The smallest absolute Gasteiger partial charge is 0.371 e. The number of amides is 1. The van der Waals surface area contributed by atoms with Gasteiger partial charge in [-0.25, -0.2) is 9.18 Å². The molecule has 2 N–H and O–H groups in total. The Labute approximate surface area is 124 Å². The number of hydrogen-bond acceptors (Lipinski definition) is 4. The van der Waals surface area contributed by atoms with Crippen molar-refractivity contribution < 1.29 is 23.5 Å². The number of aromatic carboxylic acids is 1. The highest BCUT2D eigenvalue weighted by molar-refractivity contribution is 7.99. The Morgan fingerprint density at radius 1 is 1.33 bits per heavy atom. The highest BCUT2D eigenvalue weighted by Gasteiger charge is 2.11. The highest BCUT2D eigenvalue weighted by Crippen LogP contribution is 2.21. The Balaban J connectivity index is 1.89. The van der Waals surface area contributed by atoms with Crippen LogP contribution in [-0.4, -0.2) is 22.7 Å². The maximum atomic E-state index is 13.3. The lowest BCUT2D eigenvalue weighted by molar-refractivity contribution is -0.113. The molecule has 0 spiro atoms. The van der Waals surface area contributed by atoms with Gasteiger partial charge in [0.1, 0.15) is 5.82 Å². The molecule has 2 rings (SSSR count). The van der Waals surface area contributed by atoms with Crippen LogP contribution in [0.4, 0.5) is 10.1 Å². The predicted octanol–water partition coefficient (Wildman–Crippen LogP) is 3.16. The van der Waals surface area contributed by atoms with Crippen molar-refractivity contribution in [3.05, 3.63) is 47.5 Å². The largest absolute Gasteiger partial charge is 0.475 e. The SMILES string of the molecule is Cc1ccc(NC(=O)CSc2ccc(C(=O)O)o2)cc1F. The summed E-state index contributed by atoms with van der Waals surface area (Å²) in [5.41, 5.74) is 0.869. The number of carboxylic acids is 1. The summed E-state index contributed by atoms with van der Waals surface area (Å²) < 4.78 is 18.3. The minimum atomic E-state index is -1.17. The maximum Gasteiger partial charge on any atom is 0.371 e. The van der Waals surface area contributed by atoms with Crippen molar-refractivity contribution in [2.24, 2.45) is 0 Å². The molecular weight excluding hydrogens is 297 g/mol. The van der Waals surface area contributed by atoms with Crippen LogP contribution in [-0.2, 0) is 4.79 Å². The minimum absolute atomic E-state index is 0.0298. The van der Waals surface area contributed by atoms with Crippen LogP contribution >= 0.6 is 11.8 Å². The fourth-order valence-corrected chi connectivity index (χ4v) is 2.18. The van der Waals surface area contributed by atoms with Crippen molar-refractivity contribution in [1.82, 2.24) is 0 Å². The standard InChI is InChI=1S/C14H12FNO4S/c1-8-2-3-9(6-10(8)15)16-12(17)7-21-13-5-4-11(20-13)14(18)19/h2-6H,7H2,1H3,(H,16,17)(H,18,19). The van der Waals surface area contributed by atoms with E-state index in [0.717, 1.165) is 11.8 Å². The number of furan rings is 1. The molecule has 2 aromatic rings. The molecule has 0 saturated heterocycles. The molecule has 7 heteroatoms. The molecule has 0 saturated carbocycles. The number of hydrogen-bond donors (Lipinski definition) is 2. The molecule has 1 heterocycles. The van der Waals surface area contributed by atoms with Gasteiger partial charge in [0.05, 0.1) is 5.75 Å². The third-order valence-electron chi connectivity index (χ3n) is 2.59. The molecule has 0 fully saturated rings. The summed E-state index contributed by atoms with van der Waals surface area (Å²) in [4.78, 5) is 22.3. The zero-order chi connectivity index (χ0) is 15.4. The van der Waals surface area contributed by atoms with Crippen LogP contribution in [0.1, 0.15) is 16.1 Å². The number of halogens is 1. The molecule has 110 valence electrons. The zero-order valence-corrected chi connectivity index (χ0v) is 11.9. The first-order valence-electron chi connectivity index (χ1n) is 5.97. The number of anilines is 1. The Hall–Kier alpha value is -2.28. The summed E-state index contributed by atoms with van der Waals surface area (Å²) in [7, 11) is 0. The summed E-state index contributed by atoms with van der Waals surface area (Å²) in [5.74, 6) is -2.05. The number of carboxylic acid groups (broad SMARTS) is 1. The lowest BCUT2D eigenvalue weighted by Gasteiger charge is -2.05. The van der Waals surface area contributed by atoms with Crippen LogP contribution in [0.3, 0.4) is 0 Å². The van der Waals surface area contributed by atoms with E-state index in [-0.39, 0.29) is 17.4 Å². The average Bonchev–Trinajstić information content (AvgIpc) is 2.90. The zero-order valence-electron chi connectivity index (χ0n) is 11.1. The second-order valence-corrected chi connectivity index (χ2v) is 5.20. The monoisotopic (exact) mass is 309 g/mol. The normalized spacial score (nSPS) is 10.4. The second kappa shape index (κ2) is 6.45. The van der Waals surface area contributed by atoms with Gasteiger partial charge in [-0.1, -0.05) is 17.8 Å². The third-order valence-corrected chi connectivity index (χ3v) is 3.50. The Morgan fingerprint density at radius 3 is 2.71 bits per heavy atom. The molecule has 0 aliphatic rings. The number of carbonyl (C=O) groups is 2.